The summed E-state index contributed by atoms with van der Waals surface area (Å²) in [6, 6.07) is 32.3. The van der Waals surface area contributed by atoms with Crippen LogP contribution in [0.1, 0.15) is 11.1 Å². The van der Waals surface area contributed by atoms with Crippen LogP contribution in [0.4, 0.5) is 17.1 Å². The van der Waals surface area contributed by atoms with E-state index in [1.54, 1.807) is 30.3 Å². The van der Waals surface area contributed by atoms with Crippen LogP contribution in [-0.4, -0.2) is 0 Å². The molecule has 0 bridgehead atoms. The van der Waals surface area contributed by atoms with E-state index in [-0.39, 0.29) is 10.9 Å². The van der Waals surface area contributed by atoms with Crippen LogP contribution in [-0.2, 0) is 0 Å². The summed E-state index contributed by atoms with van der Waals surface area (Å²) in [5.41, 5.74) is 6.44. The average Bonchev–Trinajstić information content (AvgIpc) is 2.95. The highest BCUT2D eigenvalue weighted by molar-refractivity contribution is 6.01. The smallest absolute Gasteiger partial charge is 0.200 e. The van der Waals surface area contributed by atoms with Crippen LogP contribution < -0.4 is 15.8 Å². The van der Waals surface area contributed by atoms with E-state index in [4.69, 9.17) is 8.83 Å². The highest BCUT2D eigenvalue weighted by Crippen LogP contribution is 2.39. The normalized spacial score (nSPS) is 11.5. The first-order valence-electron chi connectivity index (χ1n) is 12.8. The topological polar surface area (TPSA) is 63.7 Å². The highest BCUT2D eigenvalue weighted by Gasteiger charge is 2.19. The minimum Gasteiger partial charge on any atom is -0.456 e. The van der Waals surface area contributed by atoms with E-state index >= 15 is 0 Å². The van der Waals surface area contributed by atoms with Gasteiger partial charge < -0.3 is 13.7 Å². The first-order valence-corrected chi connectivity index (χ1v) is 12.8. The maximum Gasteiger partial charge on any atom is 0.200 e. The molecule has 0 aliphatic rings. The van der Waals surface area contributed by atoms with E-state index in [0.29, 0.717) is 43.9 Å². The molecule has 0 fully saturated rings. The summed E-state index contributed by atoms with van der Waals surface area (Å²) in [7, 11) is 0. The highest BCUT2D eigenvalue weighted by atomic mass is 16.3. The Bertz CT molecular complexity index is 2160. The molecule has 39 heavy (non-hydrogen) atoms. The van der Waals surface area contributed by atoms with Crippen molar-refractivity contribution in [1.29, 1.82) is 0 Å². The zero-order chi connectivity index (χ0) is 26.7. The number of para-hydroxylation sites is 3. The van der Waals surface area contributed by atoms with Gasteiger partial charge in [0.2, 0.25) is 10.9 Å². The molecule has 0 saturated heterocycles. The van der Waals surface area contributed by atoms with Crippen LogP contribution in [0.5, 0.6) is 0 Å². The van der Waals surface area contributed by atoms with Gasteiger partial charge >= 0.3 is 0 Å². The quantitative estimate of drug-likeness (QED) is 0.224. The van der Waals surface area contributed by atoms with Gasteiger partial charge in [0, 0.05) is 23.1 Å². The van der Waals surface area contributed by atoms with Crippen molar-refractivity contribution in [2.75, 3.05) is 4.90 Å². The lowest BCUT2D eigenvalue weighted by Crippen LogP contribution is -2.13. The van der Waals surface area contributed by atoms with Crippen LogP contribution in [0, 0.1) is 13.8 Å². The summed E-state index contributed by atoms with van der Waals surface area (Å²) in [5, 5.41) is 1.61. The van der Waals surface area contributed by atoms with Crippen LogP contribution in [0.15, 0.2) is 122 Å². The van der Waals surface area contributed by atoms with Crippen molar-refractivity contribution in [3.05, 3.63) is 135 Å². The SMILES string of the molecule is Cc1ccccc1N(c1ccc2oc3cc4oc5ccccc5c(=O)c4cc3c(=O)c2c1)c1ccccc1C. The van der Waals surface area contributed by atoms with Crippen molar-refractivity contribution < 1.29 is 8.83 Å². The molecule has 7 aromatic rings. The number of anilines is 3. The molecule has 7 rings (SSSR count). The minimum atomic E-state index is -0.197. The second-order valence-electron chi connectivity index (χ2n) is 9.79. The van der Waals surface area contributed by atoms with Crippen molar-refractivity contribution in [3.8, 4) is 0 Å². The number of nitrogens with zero attached hydrogens (tertiary/aromatic N) is 1. The maximum absolute atomic E-state index is 13.9. The first-order chi connectivity index (χ1) is 19.0. The van der Waals surface area contributed by atoms with Gasteiger partial charge in [-0.3, -0.25) is 9.59 Å². The Morgan fingerprint density at radius 3 is 1.64 bits per heavy atom. The molecule has 0 N–H and O–H groups in total. The number of fused-ring (bicyclic) bond motifs is 4. The standard InChI is InChI=1S/C34H23NO4/c1-20-9-3-6-12-27(20)35(28-13-7-4-10-21(28)2)22-15-16-30-24(17-22)34(37)26-18-25-31(19-32(26)39-30)38-29-14-8-5-11-23(29)33(25)36/h3-19H,1-2H3. The molecular weight excluding hydrogens is 486 g/mol. The van der Waals surface area contributed by atoms with Crippen molar-refractivity contribution >= 4 is 60.9 Å². The number of aryl methyl sites for hydroxylation is 2. The number of benzene rings is 5. The van der Waals surface area contributed by atoms with Crippen LogP contribution in [0.25, 0.3) is 43.9 Å². The van der Waals surface area contributed by atoms with Gasteiger partial charge in [0.25, 0.3) is 0 Å². The molecule has 0 amide bonds. The molecule has 0 radical (unpaired) electrons. The lowest BCUT2D eigenvalue weighted by Gasteiger charge is -2.28. The average molecular weight is 510 g/mol. The Labute approximate surface area is 223 Å². The monoisotopic (exact) mass is 509 g/mol. The second kappa shape index (κ2) is 8.71. The molecule has 0 unspecified atom stereocenters. The molecule has 0 atom stereocenters. The van der Waals surface area contributed by atoms with Crippen LogP contribution in [0.3, 0.4) is 0 Å². The van der Waals surface area contributed by atoms with Gasteiger partial charge in [-0.1, -0.05) is 48.5 Å². The van der Waals surface area contributed by atoms with Gasteiger partial charge in [0.05, 0.1) is 21.5 Å². The second-order valence-corrected chi connectivity index (χ2v) is 9.79. The number of rotatable bonds is 3. The molecule has 5 nitrogen and oxygen atoms in total. The third kappa shape index (κ3) is 3.62. The van der Waals surface area contributed by atoms with Gasteiger partial charge in [-0.15, -0.1) is 0 Å². The lowest BCUT2D eigenvalue weighted by atomic mass is 10.1. The van der Waals surface area contributed by atoms with Crippen molar-refractivity contribution in [3.63, 3.8) is 0 Å². The van der Waals surface area contributed by atoms with E-state index < -0.39 is 0 Å². The maximum atomic E-state index is 13.9. The third-order valence-electron chi connectivity index (χ3n) is 7.32. The first kappa shape index (κ1) is 23.0. The zero-order valence-corrected chi connectivity index (χ0v) is 21.4. The van der Waals surface area contributed by atoms with E-state index in [9.17, 15) is 9.59 Å². The summed E-state index contributed by atoms with van der Waals surface area (Å²) in [4.78, 5) is 29.3. The molecule has 2 aromatic heterocycles. The zero-order valence-electron chi connectivity index (χ0n) is 21.4. The van der Waals surface area contributed by atoms with E-state index in [2.05, 4.69) is 43.0 Å². The van der Waals surface area contributed by atoms with Crippen molar-refractivity contribution in [2.24, 2.45) is 0 Å². The summed E-state index contributed by atoms with van der Waals surface area (Å²) in [6.07, 6.45) is 0. The van der Waals surface area contributed by atoms with E-state index in [1.807, 2.05) is 48.5 Å². The molecule has 2 heterocycles. The fraction of sp³-hybridized carbons (Fsp3) is 0.0588. The summed E-state index contributed by atoms with van der Waals surface area (Å²) < 4.78 is 12.2. The largest absolute Gasteiger partial charge is 0.456 e. The van der Waals surface area contributed by atoms with E-state index in [1.165, 1.54) is 0 Å². The van der Waals surface area contributed by atoms with Crippen molar-refractivity contribution in [1.82, 2.24) is 0 Å². The fourth-order valence-electron chi connectivity index (χ4n) is 5.32. The Kier molecular flexibility index (Phi) is 5.13. The predicted octanol–water partition coefficient (Wildman–Crippen LogP) is 8.29. The summed E-state index contributed by atoms with van der Waals surface area (Å²) in [6.45, 7) is 4.15. The van der Waals surface area contributed by atoms with Gasteiger partial charge in [-0.25, -0.2) is 0 Å². The minimum absolute atomic E-state index is 0.174. The molecule has 188 valence electrons. The lowest BCUT2D eigenvalue weighted by molar-refractivity contribution is 0.646. The van der Waals surface area contributed by atoms with E-state index in [0.717, 1.165) is 28.2 Å². The fourth-order valence-corrected chi connectivity index (χ4v) is 5.32. The number of hydrogen-bond acceptors (Lipinski definition) is 5. The third-order valence-corrected chi connectivity index (χ3v) is 7.32. The predicted molar refractivity (Wildman–Crippen MR) is 158 cm³/mol. The summed E-state index contributed by atoms with van der Waals surface area (Å²) in [5.74, 6) is 0. The van der Waals surface area contributed by atoms with Gasteiger partial charge in [0.15, 0.2) is 0 Å². The van der Waals surface area contributed by atoms with Gasteiger partial charge in [-0.05, 0) is 73.5 Å². The molecule has 0 aliphatic carbocycles. The Morgan fingerprint density at radius 2 is 1.00 bits per heavy atom. The van der Waals surface area contributed by atoms with Crippen LogP contribution >= 0.6 is 0 Å². The Balaban J connectivity index is 1.50. The Hall–Kier alpha value is -5.16. The van der Waals surface area contributed by atoms with Gasteiger partial charge in [-0.2, -0.15) is 0 Å². The summed E-state index contributed by atoms with van der Waals surface area (Å²) >= 11 is 0. The molecule has 0 aliphatic heterocycles. The molecule has 0 saturated carbocycles. The Morgan fingerprint density at radius 1 is 0.487 bits per heavy atom. The number of hydrogen-bond donors (Lipinski definition) is 0. The molecular formula is C34H23NO4. The van der Waals surface area contributed by atoms with Crippen LogP contribution in [0.2, 0.25) is 0 Å². The van der Waals surface area contributed by atoms with Crippen molar-refractivity contribution in [2.45, 2.75) is 13.8 Å². The van der Waals surface area contributed by atoms with Gasteiger partial charge in [0.1, 0.15) is 22.3 Å². The molecule has 5 heteroatoms. The molecule has 0 spiro atoms. The molecule has 5 aromatic carbocycles.